The lowest BCUT2D eigenvalue weighted by molar-refractivity contribution is 0.102. The van der Waals surface area contributed by atoms with E-state index in [1.54, 1.807) is 0 Å². The molecule has 2 aromatic carbocycles. The molecule has 1 fully saturated rings. The van der Waals surface area contributed by atoms with Crippen LogP contribution in [0.4, 0.5) is 14.5 Å². The first-order valence-corrected chi connectivity index (χ1v) is 11.0. The SMILES string of the molecule is O=C(Nc1ccc(F)c(Cl)c1)c1ccc(F)c2c1CC[C@@H]2NS(=O)(=O)NC1CC1. The van der Waals surface area contributed by atoms with Crippen LogP contribution in [0.2, 0.25) is 5.02 Å². The van der Waals surface area contributed by atoms with Gasteiger partial charge >= 0.3 is 0 Å². The lowest BCUT2D eigenvalue weighted by Crippen LogP contribution is -2.39. The highest BCUT2D eigenvalue weighted by molar-refractivity contribution is 7.87. The molecule has 1 amide bonds. The summed E-state index contributed by atoms with van der Waals surface area (Å²) in [6, 6.07) is 5.44. The minimum absolute atomic E-state index is 0.0714. The molecule has 0 saturated heterocycles. The fraction of sp³-hybridized carbons (Fsp3) is 0.316. The van der Waals surface area contributed by atoms with Crippen LogP contribution in [0.5, 0.6) is 0 Å². The molecule has 0 aliphatic heterocycles. The van der Waals surface area contributed by atoms with E-state index in [0.717, 1.165) is 25.0 Å². The Kier molecular flexibility index (Phi) is 5.32. The van der Waals surface area contributed by atoms with E-state index >= 15 is 0 Å². The van der Waals surface area contributed by atoms with Crippen molar-refractivity contribution in [3.05, 3.63) is 63.7 Å². The van der Waals surface area contributed by atoms with Gasteiger partial charge in [0.1, 0.15) is 11.6 Å². The minimum atomic E-state index is -3.77. The lowest BCUT2D eigenvalue weighted by atomic mass is 10.0. The smallest absolute Gasteiger partial charge is 0.277 e. The van der Waals surface area contributed by atoms with Gasteiger partial charge in [0.05, 0.1) is 11.1 Å². The average Bonchev–Trinajstić information content (AvgIpc) is 3.35. The van der Waals surface area contributed by atoms with Crippen molar-refractivity contribution in [3.63, 3.8) is 0 Å². The number of benzene rings is 2. The third kappa shape index (κ3) is 4.42. The van der Waals surface area contributed by atoms with E-state index in [-0.39, 0.29) is 22.2 Å². The van der Waals surface area contributed by atoms with Crippen molar-refractivity contribution in [2.45, 2.75) is 37.8 Å². The van der Waals surface area contributed by atoms with Crippen molar-refractivity contribution in [1.82, 2.24) is 9.44 Å². The predicted octanol–water partition coefficient (Wildman–Crippen LogP) is 3.44. The van der Waals surface area contributed by atoms with Gasteiger partial charge in [0.25, 0.3) is 16.1 Å². The van der Waals surface area contributed by atoms with Gasteiger partial charge in [-0.25, -0.2) is 8.78 Å². The standard InChI is InChI=1S/C19H18ClF2N3O3S/c20-14-9-11(3-6-15(14)21)23-19(26)13-4-7-16(22)18-12(13)5-8-17(18)25-29(27,28)24-10-1-2-10/h3-4,6-7,9-10,17,24-25H,1-2,5,8H2,(H,23,26)/t17-/m0/s1. The number of anilines is 1. The molecule has 154 valence electrons. The van der Waals surface area contributed by atoms with Crippen LogP contribution in [0.1, 0.15) is 46.8 Å². The normalized spacial score (nSPS) is 18.5. The second-order valence-electron chi connectivity index (χ2n) is 7.17. The van der Waals surface area contributed by atoms with Gasteiger partial charge in [0.15, 0.2) is 0 Å². The van der Waals surface area contributed by atoms with Crippen LogP contribution in [0.15, 0.2) is 30.3 Å². The topological polar surface area (TPSA) is 87.3 Å². The largest absolute Gasteiger partial charge is 0.322 e. The number of amides is 1. The summed E-state index contributed by atoms with van der Waals surface area (Å²) < 4.78 is 57.2. The molecule has 2 aliphatic carbocycles. The highest BCUT2D eigenvalue weighted by Gasteiger charge is 2.34. The molecule has 0 bridgehead atoms. The Balaban J connectivity index is 1.58. The van der Waals surface area contributed by atoms with Gasteiger partial charge < -0.3 is 5.32 Å². The van der Waals surface area contributed by atoms with E-state index in [1.807, 2.05) is 0 Å². The zero-order valence-electron chi connectivity index (χ0n) is 15.1. The first kappa shape index (κ1) is 20.2. The van der Waals surface area contributed by atoms with Crippen molar-refractivity contribution >= 4 is 33.4 Å². The van der Waals surface area contributed by atoms with Crippen LogP contribution in [-0.4, -0.2) is 20.4 Å². The van der Waals surface area contributed by atoms with E-state index in [9.17, 15) is 22.0 Å². The van der Waals surface area contributed by atoms with Gasteiger partial charge in [-0.15, -0.1) is 0 Å². The fourth-order valence-corrected chi connectivity index (χ4v) is 4.99. The highest BCUT2D eigenvalue weighted by atomic mass is 35.5. The van der Waals surface area contributed by atoms with Crippen LogP contribution < -0.4 is 14.8 Å². The Morgan fingerprint density at radius 1 is 1.03 bits per heavy atom. The number of hydrogen-bond acceptors (Lipinski definition) is 3. The summed E-state index contributed by atoms with van der Waals surface area (Å²) in [5.41, 5.74) is 1.16. The highest BCUT2D eigenvalue weighted by Crippen LogP contribution is 2.36. The second kappa shape index (κ2) is 7.64. The van der Waals surface area contributed by atoms with Crippen molar-refractivity contribution in [2.75, 3.05) is 5.32 Å². The van der Waals surface area contributed by atoms with Gasteiger partial charge in [-0.2, -0.15) is 17.9 Å². The molecule has 2 aliphatic rings. The van der Waals surface area contributed by atoms with Crippen LogP contribution in [0.25, 0.3) is 0 Å². The maximum Gasteiger partial charge on any atom is 0.277 e. The maximum atomic E-state index is 14.5. The van der Waals surface area contributed by atoms with Crippen molar-refractivity contribution in [2.24, 2.45) is 0 Å². The first-order chi connectivity index (χ1) is 13.7. The second-order valence-corrected chi connectivity index (χ2v) is 9.06. The van der Waals surface area contributed by atoms with Gasteiger partial charge in [-0.1, -0.05) is 11.6 Å². The monoisotopic (exact) mass is 441 g/mol. The summed E-state index contributed by atoms with van der Waals surface area (Å²) in [5, 5.41) is 2.47. The molecule has 6 nitrogen and oxygen atoms in total. The predicted molar refractivity (Wildman–Crippen MR) is 105 cm³/mol. The van der Waals surface area contributed by atoms with E-state index in [4.69, 9.17) is 11.6 Å². The third-order valence-electron chi connectivity index (χ3n) is 4.95. The molecule has 0 radical (unpaired) electrons. The number of fused-ring (bicyclic) bond motifs is 1. The molecule has 0 heterocycles. The number of carbonyl (C=O) groups excluding carboxylic acids is 1. The summed E-state index contributed by atoms with van der Waals surface area (Å²) in [4.78, 5) is 12.7. The van der Waals surface area contributed by atoms with Crippen molar-refractivity contribution in [3.8, 4) is 0 Å². The molecule has 1 atom stereocenters. The third-order valence-corrected chi connectivity index (χ3v) is 6.48. The number of carbonyl (C=O) groups is 1. The minimum Gasteiger partial charge on any atom is -0.322 e. The molecular weight excluding hydrogens is 424 g/mol. The quantitative estimate of drug-likeness (QED) is 0.641. The number of hydrogen-bond donors (Lipinski definition) is 3. The molecule has 0 spiro atoms. The molecule has 0 aromatic heterocycles. The van der Waals surface area contributed by atoms with E-state index < -0.39 is 33.8 Å². The van der Waals surface area contributed by atoms with Crippen molar-refractivity contribution in [1.29, 1.82) is 0 Å². The average molecular weight is 442 g/mol. The lowest BCUT2D eigenvalue weighted by Gasteiger charge is -2.16. The van der Waals surface area contributed by atoms with Crippen LogP contribution >= 0.6 is 11.6 Å². The zero-order valence-corrected chi connectivity index (χ0v) is 16.7. The Morgan fingerprint density at radius 3 is 2.45 bits per heavy atom. The molecule has 2 aromatic rings. The number of halogens is 3. The summed E-state index contributed by atoms with van der Waals surface area (Å²) >= 11 is 5.73. The molecular formula is C19H18ClF2N3O3S. The van der Waals surface area contributed by atoms with Crippen LogP contribution in [0, 0.1) is 11.6 Å². The van der Waals surface area contributed by atoms with Crippen LogP contribution in [-0.2, 0) is 16.6 Å². The summed E-state index contributed by atoms with van der Waals surface area (Å²) in [5.74, 6) is -1.69. The van der Waals surface area contributed by atoms with E-state index in [0.29, 0.717) is 24.1 Å². The molecule has 0 unspecified atom stereocenters. The Morgan fingerprint density at radius 2 is 1.76 bits per heavy atom. The Hall–Kier alpha value is -2.07. The first-order valence-electron chi connectivity index (χ1n) is 9.11. The maximum absolute atomic E-state index is 14.5. The molecule has 10 heteroatoms. The molecule has 29 heavy (non-hydrogen) atoms. The van der Waals surface area contributed by atoms with E-state index in [1.165, 1.54) is 18.2 Å². The van der Waals surface area contributed by atoms with Gasteiger partial charge in [-0.3, -0.25) is 4.79 Å². The Labute approximate surface area is 171 Å². The summed E-state index contributed by atoms with van der Waals surface area (Å²) in [7, 11) is -3.77. The van der Waals surface area contributed by atoms with E-state index in [2.05, 4.69) is 14.8 Å². The van der Waals surface area contributed by atoms with Gasteiger partial charge in [0.2, 0.25) is 0 Å². The zero-order chi connectivity index (χ0) is 20.8. The van der Waals surface area contributed by atoms with Gasteiger partial charge in [0, 0.05) is 22.9 Å². The molecule has 1 saturated carbocycles. The number of rotatable bonds is 6. The molecule has 3 N–H and O–H groups in total. The summed E-state index contributed by atoms with van der Waals surface area (Å²) in [6.45, 7) is 0. The van der Waals surface area contributed by atoms with Gasteiger partial charge in [-0.05, 0) is 61.6 Å². The van der Waals surface area contributed by atoms with Crippen LogP contribution in [0.3, 0.4) is 0 Å². The summed E-state index contributed by atoms with van der Waals surface area (Å²) in [6.07, 6.45) is 2.25. The molecule has 4 rings (SSSR count). The number of nitrogens with one attached hydrogen (secondary N) is 3. The Bertz CT molecular complexity index is 1090. The fourth-order valence-electron chi connectivity index (χ4n) is 3.46. The van der Waals surface area contributed by atoms with Crippen molar-refractivity contribution < 1.29 is 22.0 Å².